The molecule has 0 aliphatic carbocycles. The van der Waals surface area contributed by atoms with Crippen LogP contribution in [0.4, 0.5) is 5.69 Å². The number of para-hydroxylation sites is 1. The van der Waals surface area contributed by atoms with Gasteiger partial charge in [-0.1, -0.05) is 18.2 Å². The van der Waals surface area contributed by atoms with Crippen molar-refractivity contribution >= 4 is 16.7 Å². The average Bonchev–Trinajstić information content (AvgIpc) is 2.88. The number of rotatable bonds is 4. The van der Waals surface area contributed by atoms with Crippen LogP contribution < -0.4 is 10.1 Å². The molecule has 20 heavy (non-hydrogen) atoms. The zero-order chi connectivity index (χ0) is 13.9. The van der Waals surface area contributed by atoms with E-state index in [1.54, 1.807) is 25.3 Å². The van der Waals surface area contributed by atoms with Crippen LogP contribution in [0.3, 0.4) is 0 Å². The molecule has 0 amide bonds. The minimum atomic E-state index is 0.237. The second kappa shape index (κ2) is 5.17. The van der Waals surface area contributed by atoms with Gasteiger partial charge in [0.25, 0.3) is 0 Å². The van der Waals surface area contributed by atoms with E-state index in [4.69, 9.17) is 9.15 Å². The number of nitrogens with one attached hydrogen (secondary N) is 1. The van der Waals surface area contributed by atoms with Gasteiger partial charge in [0, 0.05) is 17.1 Å². The minimum Gasteiger partial charge on any atom is -0.508 e. The number of hydrogen-bond donors (Lipinski definition) is 2. The third-order valence-corrected chi connectivity index (χ3v) is 3.09. The molecule has 3 aromatic rings. The second-order valence-corrected chi connectivity index (χ2v) is 4.50. The van der Waals surface area contributed by atoms with Gasteiger partial charge in [0.15, 0.2) is 11.3 Å². The van der Waals surface area contributed by atoms with Gasteiger partial charge >= 0.3 is 0 Å². The monoisotopic (exact) mass is 269 g/mol. The normalized spacial score (nSPS) is 10.7. The molecule has 2 aromatic carbocycles. The molecule has 102 valence electrons. The summed E-state index contributed by atoms with van der Waals surface area (Å²) in [5.41, 5.74) is 1.60. The van der Waals surface area contributed by atoms with E-state index in [1.807, 2.05) is 30.3 Å². The first kappa shape index (κ1) is 12.4. The van der Waals surface area contributed by atoms with E-state index in [2.05, 4.69) is 5.32 Å². The molecule has 0 fully saturated rings. The number of benzene rings is 2. The fourth-order valence-corrected chi connectivity index (χ4v) is 2.14. The number of hydrogen-bond acceptors (Lipinski definition) is 4. The third-order valence-electron chi connectivity index (χ3n) is 3.09. The van der Waals surface area contributed by atoms with Crippen molar-refractivity contribution in [3.8, 4) is 11.5 Å². The van der Waals surface area contributed by atoms with Crippen LogP contribution in [0.5, 0.6) is 11.5 Å². The van der Waals surface area contributed by atoms with Crippen molar-refractivity contribution in [3.63, 3.8) is 0 Å². The van der Waals surface area contributed by atoms with Crippen LogP contribution in [0.2, 0.25) is 0 Å². The SMILES string of the molecule is COc1cccc2cc(CNc3cccc(O)c3)oc12. The molecule has 1 heterocycles. The smallest absolute Gasteiger partial charge is 0.176 e. The molecular weight excluding hydrogens is 254 g/mol. The molecule has 0 atom stereocenters. The van der Waals surface area contributed by atoms with Crippen LogP contribution >= 0.6 is 0 Å². The topological polar surface area (TPSA) is 54.6 Å². The fourth-order valence-electron chi connectivity index (χ4n) is 2.14. The van der Waals surface area contributed by atoms with Crippen molar-refractivity contribution in [3.05, 3.63) is 54.3 Å². The van der Waals surface area contributed by atoms with Crippen LogP contribution in [0.25, 0.3) is 11.0 Å². The van der Waals surface area contributed by atoms with E-state index >= 15 is 0 Å². The predicted molar refractivity (Wildman–Crippen MR) is 78.2 cm³/mol. The molecule has 2 N–H and O–H groups in total. The Morgan fingerprint density at radius 1 is 1.15 bits per heavy atom. The van der Waals surface area contributed by atoms with Gasteiger partial charge in [0.2, 0.25) is 0 Å². The zero-order valence-corrected chi connectivity index (χ0v) is 11.1. The number of fused-ring (bicyclic) bond motifs is 1. The Morgan fingerprint density at radius 3 is 2.80 bits per heavy atom. The number of ether oxygens (including phenoxy) is 1. The molecule has 4 nitrogen and oxygen atoms in total. The highest BCUT2D eigenvalue weighted by Crippen LogP contribution is 2.28. The summed E-state index contributed by atoms with van der Waals surface area (Å²) >= 11 is 0. The Balaban J connectivity index is 1.81. The summed E-state index contributed by atoms with van der Waals surface area (Å²) in [6, 6.07) is 14.8. The van der Waals surface area contributed by atoms with Gasteiger partial charge in [0.05, 0.1) is 13.7 Å². The Bertz CT molecular complexity index is 733. The van der Waals surface area contributed by atoms with E-state index in [9.17, 15) is 5.11 Å². The van der Waals surface area contributed by atoms with Crippen LogP contribution in [0, 0.1) is 0 Å². The molecular formula is C16H15NO3. The van der Waals surface area contributed by atoms with E-state index < -0.39 is 0 Å². The molecule has 0 radical (unpaired) electrons. The first-order chi connectivity index (χ1) is 9.76. The summed E-state index contributed by atoms with van der Waals surface area (Å²) in [4.78, 5) is 0. The second-order valence-electron chi connectivity index (χ2n) is 4.50. The number of phenols is 1. The number of methoxy groups -OCH3 is 1. The fraction of sp³-hybridized carbons (Fsp3) is 0.125. The maximum atomic E-state index is 9.41. The summed E-state index contributed by atoms with van der Waals surface area (Å²) < 4.78 is 11.1. The van der Waals surface area contributed by atoms with E-state index in [0.29, 0.717) is 6.54 Å². The molecule has 3 rings (SSSR count). The molecule has 0 aliphatic rings. The standard InChI is InChI=1S/C16H15NO3/c1-19-15-7-2-4-11-8-14(20-16(11)15)10-17-12-5-3-6-13(18)9-12/h2-9,17-18H,10H2,1H3. The van der Waals surface area contributed by atoms with Gasteiger partial charge in [0.1, 0.15) is 11.5 Å². The quantitative estimate of drug-likeness (QED) is 0.757. The molecule has 0 saturated carbocycles. The minimum absolute atomic E-state index is 0.237. The number of anilines is 1. The lowest BCUT2D eigenvalue weighted by Crippen LogP contribution is -1.97. The van der Waals surface area contributed by atoms with Gasteiger partial charge in [-0.3, -0.25) is 0 Å². The highest BCUT2D eigenvalue weighted by atomic mass is 16.5. The van der Waals surface area contributed by atoms with Crippen molar-refractivity contribution in [2.45, 2.75) is 6.54 Å². The summed E-state index contributed by atoms with van der Waals surface area (Å²) in [7, 11) is 1.63. The number of phenolic OH excluding ortho intramolecular Hbond substituents is 1. The highest BCUT2D eigenvalue weighted by Gasteiger charge is 2.08. The van der Waals surface area contributed by atoms with E-state index in [1.165, 1.54) is 0 Å². The maximum absolute atomic E-state index is 9.41. The van der Waals surface area contributed by atoms with Crippen molar-refractivity contribution in [1.29, 1.82) is 0 Å². The average molecular weight is 269 g/mol. The first-order valence-corrected chi connectivity index (χ1v) is 6.34. The van der Waals surface area contributed by atoms with Gasteiger partial charge in [-0.25, -0.2) is 0 Å². The summed E-state index contributed by atoms with van der Waals surface area (Å²) in [6.45, 7) is 0.543. The van der Waals surface area contributed by atoms with Crippen LogP contribution in [0.15, 0.2) is 52.9 Å². The Kier molecular flexibility index (Phi) is 3.21. The van der Waals surface area contributed by atoms with E-state index in [-0.39, 0.29) is 5.75 Å². The lowest BCUT2D eigenvalue weighted by Gasteiger charge is -2.04. The third kappa shape index (κ3) is 2.40. The van der Waals surface area contributed by atoms with Crippen molar-refractivity contribution in [2.75, 3.05) is 12.4 Å². The van der Waals surface area contributed by atoms with Gasteiger partial charge < -0.3 is 19.6 Å². The van der Waals surface area contributed by atoms with Crippen molar-refractivity contribution in [2.24, 2.45) is 0 Å². The Labute approximate surface area is 116 Å². The summed E-state index contributed by atoms with van der Waals surface area (Å²) in [5.74, 6) is 1.78. The molecule has 0 bridgehead atoms. The van der Waals surface area contributed by atoms with Crippen LogP contribution in [-0.4, -0.2) is 12.2 Å². The van der Waals surface area contributed by atoms with Crippen molar-refractivity contribution in [1.82, 2.24) is 0 Å². The predicted octanol–water partition coefficient (Wildman–Crippen LogP) is 3.76. The largest absolute Gasteiger partial charge is 0.508 e. The van der Waals surface area contributed by atoms with Gasteiger partial charge in [-0.15, -0.1) is 0 Å². The zero-order valence-electron chi connectivity index (χ0n) is 11.1. The van der Waals surface area contributed by atoms with Gasteiger partial charge in [-0.05, 0) is 24.3 Å². The maximum Gasteiger partial charge on any atom is 0.176 e. The summed E-state index contributed by atoms with van der Waals surface area (Å²) in [6.07, 6.45) is 0. The number of furan rings is 1. The number of aromatic hydroxyl groups is 1. The van der Waals surface area contributed by atoms with Crippen LogP contribution in [-0.2, 0) is 6.54 Å². The lowest BCUT2D eigenvalue weighted by atomic mass is 10.2. The molecule has 0 spiro atoms. The molecule has 1 aromatic heterocycles. The molecule has 0 unspecified atom stereocenters. The molecule has 0 saturated heterocycles. The first-order valence-electron chi connectivity index (χ1n) is 6.34. The molecule has 0 aliphatic heterocycles. The van der Waals surface area contributed by atoms with Crippen LogP contribution in [0.1, 0.15) is 5.76 Å². The Hall–Kier alpha value is -2.62. The van der Waals surface area contributed by atoms with E-state index in [0.717, 1.165) is 28.2 Å². The summed E-state index contributed by atoms with van der Waals surface area (Å²) in [5, 5.41) is 13.6. The molecule has 4 heteroatoms. The highest BCUT2D eigenvalue weighted by molar-refractivity contribution is 5.83. The Morgan fingerprint density at radius 2 is 2.00 bits per heavy atom. The van der Waals surface area contributed by atoms with Gasteiger partial charge in [-0.2, -0.15) is 0 Å². The lowest BCUT2D eigenvalue weighted by molar-refractivity contribution is 0.408. The van der Waals surface area contributed by atoms with Crippen molar-refractivity contribution < 1.29 is 14.3 Å².